The molecule has 2 heterocycles. The van der Waals surface area contributed by atoms with Crippen molar-refractivity contribution in [3.05, 3.63) is 112 Å². The third-order valence-corrected chi connectivity index (χ3v) is 7.89. The Balaban J connectivity index is 1.54. The first kappa shape index (κ1) is 29.0. The number of hydrogen-bond acceptors (Lipinski definition) is 5. The molecule has 0 bridgehead atoms. The van der Waals surface area contributed by atoms with Crippen molar-refractivity contribution in [3.8, 4) is 5.69 Å². The first-order valence-corrected chi connectivity index (χ1v) is 14.5. The summed E-state index contributed by atoms with van der Waals surface area (Å²) in [6, 6.07) is 26.6. The standard InChI is InChI=1S/C33H37N5O4/c1-2-28(24-11-5-3-6-12-24)35-31(39)30-26-15-9-10-16-27(26)32(40)38(25-13-7-4-8-14-25)29(30)23-37-21-19-36(20-22-37)18-17-34-33(41)42/h3-16,28,34H,2,17-23H2,1H3,(H,35,39)(H,41,42). The number of carboxylic acid groups (broad SMARTS) is 1. The molecule has 1 aromatic heterocycles. The Kier molecular flexibility index (Phi) is 9.31. The number of nitrogens with one attached hydrogen (secondary N) is 2. The maximum atomic E-state index is 14.3. The fraction of sp³-hybridized carbons (Fsp3) is 0.303. The zero-order valence-corrected chi connectivity index (χ0v) is 23.8. The number of aromatic nitrogens is 1. The molecule has 0 saturated carbocycles. The van der Waals surface area contributed by atoms with Crippen molar-refractivity contribution >= 4 is 22.8 Å². The van der Waals surface area contributed by atoms with Gasteiger partial charge in [0.1, 0.15) is 0 Å². The molecule has 1 unspecified atom stereocenters. The summed E-state index contributed by atoms with van der Waals surface area (Å²) in [6.45, 7) is 6.45. The Morgan fingerprint density at radius 1 is 0.833 bits per heavy atom. The smallest absolute Gasteiger partial charge is 0.404 e. The number of fused-ring (bicyclic) bond motifs is 1. The molecule has 1 aliphatic heterocycles. The molecule has 1 saturated heterocycles. The number of benzene rings is 3. The molecule has 3 aromatic carbocycles. The molecule has 1 aliphatic rings. The van der Waals surface area contributed by atoms with Crippen LogP contribution in [-0.2, 0) is 6.54 Å². The Labute approximate surface area is 245 Å². The van der Waals surface area contributed by atoms with Crippen LogP contribution in [0.1, 0.15) is 41.0 Å². The Morgan fingerprint density at radius 2 is 1.43 bits per heavy atom. The Bertz CT molecular complexity index is 1580. The minimum absolute atomic E-state index is 0.156. The molecule has 0 radical (unpaired) electrons. The van der Waals surface area contributed by atoms with E-state index in [2.05, 4.69) is 20.4 Å². The van der Waals surface area contributed by atoms with E-state index >= 15 is 0 Å². The van der Waals surface area contributed by atoms with Crippen LogP contribution < -0.4 is 16.2 Å². The number of hydrogen-bond donors (Lipinski definition) is 3. The average Bonchev–Trinajstić information content (AvgIpc) is 3.01. The molecule has 1 atom stereocenters. The van der Waals surface area contributed by atoms with Gasteiger partial charge in [-0.05, 0) is 30.2 Å². The number of carbonyl (C=O) groups is 2. The van der Waals surface area contributed by atoms with E-state index < -0.39 is 6.09 Å². The molecule has 4 aromatic rings. The van der Waals surface area contributed by atoms with E-state index in [-0.39, 0.29) is 17.5 Å². The van der Waals surface area contributed by atoms with Gasteiger partial charge < -0.3 is 15.7 Å². The van der Waals surface area contributed by atoms with Crippen molar-refractivity contribution in [2.45, 2.75) is 25.9 Å². The van der Waals surface area contributed by atoms with E-state index in [1.165, 1.54) is 0 Å². The molecule has 1 fully saturated rings. The molecule has 2 amide bonds. The molecule has 0 spiro atoms. The molecule has 9 heteroatoms. The molecular formula is C33H37N5O4. The first-order chi connectivity index (χ1) is 20.5. The lowest BCUT2D eigenvalue weighted by Crippen LogP contribution is -2.48. The van der Waals surface area contributed by atoms with Crippen LogP contribution in [0.4, 0.5) is 4.79 Å². The number of nitrogens with zero attached hydrogens (tertiary/aromatic N) is 3. The topological polar surface area (TPSA) is 107 Å². The summed E-state index contributed by atoms with van der Waals surface area (Å²) in [4.78, 5) is 43.6. The van der Waals surface area contributed by atoms with Gasteiger partial charge in [-0.2, -0.15) is 0 Å². The van der Waals surface area contributed by atoms with Crippen molar-refractivity contribution < 1.29 is 14.7 Å². The third kappa shape index (κ3) is 6.53. The number of carbonyl (C=O) groups excluding carboxylic acids is 1. The lowest BCUT2D eigenvalue weighted by molar-refractivity contribution is 0.0930. The monoisotopic (exact) mass is 567 g/mol. The summed E-state index contributed by atoms with van der Waals surface area (Å²) in [5.41, 5.74) is 2.76. The number of amides is 2. The zero-order valence-electron chi connectivity index (χ0n) is 23.8. The highest BCUT2D eigenvalue weighted by Crippen LogP contribution is 2.26. The van der Waals surface area contributed by atoms with E-state index in [9.17, 15) is 14.4 Å². The van der Waals surface area contributed by atoms with Crippen molar-refractivity contribution in [1.29, 1.82) is 0 Å². The number of piperazine rings is 1. The van der Waals surface area contributed by atoms with Crippen LogP contribution in [0, 0.1) is 0 Å². The van der Waals surface area contributed by atoms with Crippen molar-refractivity contribution in [2.75, 3.05) is 39.3 Å². The minimum atomic E-state index is -1.02. The Morgan fingerprint density at radius 3 is 2.07 bits per heavy atom. The average molecular weight is 568 g/mol. The molecule has 42 heavy (non-hydrogen) atoms. The second-order valence-corrected chi connectivity index (χ2v) is 10.5. The Hall–Kier alpha value is -4.47. The van der Waals surface area contributed by atoms with Crippen LogP contribution in [-0.4, -0.2) is 70.7 Å². The van der Waals surface area contributed by atoms with Gasteiger partial charge in [0.05, 0.1) is 17.3 Å². The summed E-state index contributed by atoms with van der Waals surface area (Å²) in [5, 5.41) is 15.7. The summed E-state index contributed by atoms with van der Waals surface area (Å²) in [7, 11) is 0. The van der Waals surface area contributed by atoms with Gasteiger partial charge in [-0.25, -0.2) is 4.79 Å². The molecule has 0 aliphatic carbocycles. The van der Waals surface area contributed by atoms with Crippen LogP contribution in [0.5, 0.6) is 0 Å². The summed E-state index contributed by atoms with van der Waals surface area (Å²) >= 11 is 0. The van der Waals surface area contributed by atoms with E-state index in [0.29, 0.717) is 47.4 Å². The van der Waals surface area contributed by atoms with Gasteiger partial charge in [0.2, 0.25) is 0 Å². The highest BCUT2D eigenvalue weighted by molar-refractivity contribution is 6.08. The van der Waals surface area contributed by atoms with Gasteiger partial charge in [0.25, 0.3) is 11.5 Å². The summed E-state index contributed by atoms with van der Waals surface area (Å²) in [5.74, 6) is -0.208. The van der Waals surface area contributed by atoms with Crippen LogP contribution in [0.3, 0.4) is 0 Å². The molecule has 218 valence electrons. The van der Waals surface area contributed by atoms with E-state index in [1.807, 2.05) is 85.8 Å². The summed E-state index contributed by atoms with van der Waals surface area (Å²) < 4.78 is 1.70. The lowest BCUT2D eigenvalue weighted by Gasteiger charge is -2.35. The van der Waals surface area contributed by atoms with Crippen LogP contribution >= 0.6 is 0 Å². The van der Waals surface area contributed by atoms with E-state index in [0.717, 1.165) is 38.2 Å². The van der Waals surface area contributed by atoms with Gasteiger partial charge in [0.15, 0.2) is 0 Å². The highest BCUT2D eigenvalue weighted by Gasteiger charge is 2.27. The number of para-hydroxylation sites is 1. The van der Waals surface area contributed by atoms with Crippen molar-refractivity contribution in [1.82, 2.24) is 25.0 Å². The van der Waals surface area contributed by atoms with Gasteiger partial charge in [-0.15, -0.1) is 0 Å². The zero-order chi connectivity index (χ0) is 29.5. The van der Waals surface area contributed by atoms with Crippen molar-refractivity contribution in [2.24, 2.45) is 0 Å². The van der Waals surface area contributed by atoms with E-state index in [1.54, 1.807) is 10.6 Å². The van der Waals surface area contributed by atoms with E-state index in [4.69, 9.17) is 5.11 Å². The minimum Gasteiger partial charge on any atom is -0.465 e. The van der Waals surface area contributed by atoms with Gasteiger partial charge in [-0.1, -0.05) is 73.7 Å². The van der Waals surface area contributed by atoms with Gasteiger partial charge in [0, 0.05) is 62.3 Å². The second kappa shape index (κ2) is 13.5. The highest BCUT2D eigenvalue weighted by atomic mass is 16.4. The van der Waals surface area contributed by atoms with Crippen molar-refractivity contribution in [3.63, 3.8) is 0 Å². The number of rotatable bonds is 10. The predicted octanol–water partition coefficient (Wildman–Crippen LogP) is 4.26. The largest absolute Gasteiger partial charge is 0.465 e. The maximum absolute atomic E-state index is 14.3. The fourth-order valence-corrected chi connectivity index (χ4v) is 5.69. The predicted molar refractivity (Wildman–Crippen MR) is 164 cm³/mol. The maximum Gasteiger partial charge on any atom is 0.404 e. The SMILES string of the molecule is CCC(NC(=O)c1c(CN2CCN(CCNC(=O)O)CC2)n(-c2ccccc2)c(=O)c2ccccc12)c1ccccc1. The van der Waals surface area contributed by atoms with Crippen LogP contribution in [0.2, 0.25) is 0 Å². The second-order valence-electron chi connectivity index (χ2n) is 10.5. The first-order valence-electron chi connectivity index (χ1n) is 14.5. The number of pyridine rings is 1. The lowest BCUT2D eigenvalue weighted by atomic mass is 9.99. The van der Waals surface area contributed by atoms with Crippen LogP contribution in [0.25, 0.3) is 16.5 Å². The fourth-order valence-electron chi connectivity index (χ4n) is 5.69. The molecular weight excluding hydrogens is 530 g/mol. The normalized spacial score (nSPS) is 14.9. The summed E-state index contributed by atoms with van der Waals surface area (Å²) in [6.07, 6.45) is -0.299. The van der Waals surface area contributed by atoms with Gasteiger partial charge >= 0.3 is 6.09 Å². The van der Waals surface area contributed by atoms with Crippen LogP contribution in [0.15, 0.2) is 89.7 Å². The quantitative estimate of drug-likeness (QED) is 0.265. The van der Waals surface area contributed by atoms with Gasteiger partial charge in [-0.3, -0.25) is 24.0 Å². The third-order valence-electron chi connectivity index (χ3n) is 7.89. The molecule has 9 nitrogen and oxygen atoms in total. The molecule has 5 rings (SSSR count). The molecule has 3 N–H and O–H groups in total.